The Morgan fingerprint density at radius 3 is 2.50 bits per heavy atom. The Labute approximate surface area is 145 Å². The molecule has 2 amide bonds. The number of carbonyl (C=O) groups excluding carboxylic acids is 3. The summed E-state index contributed by atoms with van der Waals surface area (Å²) >= 11 is 5.82. The Balaban J connectivity index is 2.25. The number of rotatable bonds is 8. The summed E-state index contributed by atoms with van der Waals surface area (Å²) in [6, 6.07) is 4.98. The van der Waals surface area contributed by atoms with E-state index in [0.717, 1.165) is 5.56 Å². The first-order chi connectivity index (χ1) is 11.3. The molecule has 0 aliphatic heterocycles. The van der Waals surface area contributed by atoms with Gasteiger partial charge in [-0.1, -0.05) is 11.6 Å². The van der Waals surface area contributed by atoms with Gasteiger partial charge >= 0.3 is 5.97 Å². The molecule has 0 unspecified atom stereocenters. The molecule has 0 radical (unpaired) electrons. The van der Waals surface area contributed by atoms with Crippen molar-refractivity contribution in [1.29, 1.82) is 0 Å². The molecule has 1 aromatic rings. The molecule has 2 N–H and O–H groups in total. The van der Waals surface area contributed by atoms with Crippen molar-refractivity contribution in [2.75, 3.05) is 19.8 Å². The van der Waals surface area contributed by atoms with E-state index < -0.39 is 18.5 Å². The molecule has 0 atom stereocenters. The molecule has 1 rings (SSSR count). The second-order valence-electron chi connectivity index (χ2n) is 5.36. The highest BCUT2D eigenvalue weighted by atomic mass is 35.5. The summed E-state index contributed by atoms with van der Waals surface area (Å²) in [5, 5.41) is 5.54. The molecule has 24 heavy (non-hydrogen) atoms. The van der Waals surface area contributed by atoms with Crippen molar-refractivity contribution in [2.24, 2.45) is 0 Å². The highest BCUT2D eigenvalue weighted by Crippen LogP contribution is 2.21. The van der Waals surface area contributed by atoms with Crippen molar-refractivity contribution in [1.82, 2.24) is 10.6 Å². The molecule has 0 saturated heterocycles. The van der Waals surface area contributed by atoms with Gasteiger partial charge in [0.15, 0.2) is 13.2 Å². The van der Waals surface area contributed by atoms with E-state index >= 15 is 0 Å². The molecule has 0 bridgehead atoms. The lowest BCUT2D eigenvalue weighted by Crippen LogP contribution is -2.41. The third-order valence-corrected chi connectivity index (χ3v) is 2.98. The van der Waals surface area contributed by atoms with Gasteiger partial charge in [0, 0.05) is 11.1 Å². The third kappa shape index (κ3) is 7.82. The number of aryl methyl sites for hydroxylation is 1. The Morgan fingerprint density at radius 1 is 1.17 bits per heavy atom. The minimum absolute atomic E-state index is 0.0132. The van der Waals surface area contributed by atoms with E-state index in [0.29, 0.717) is 10.8 Å². The maximum Gasteiger partial charge on any atom is 0.344 e. The Kier molecular flexibility index (Phi) is 8.05. The molecule has 0 heterocycles. The number of nitrogens with one attached hydrogen (secondary N) is 2. The van der Waals surface area contributed by atoms with Gasteiger partial charge in [-0.3, -0.25) is 9.59 Å². The van der Waals surface area contributed by atoms with Gasteiger partial charge in [-0.2, -0.15) is 0 Å². The third-order valence-electron chi connectivity index (χ3n) is 2.74. The van der Waals surface area contributed by atoms with Gasteiger partial charge in [0.25, 0.3) is 5.91 Å². The van der Waals surface area contributed by atoms with Crippen molar-refractivity contribution in [3.8, 4) is 5.75 Å². The lowest BCUT2D eigenvalue weighted by atomic mass is 10.2. The van der Waals surface area contributed by atoms with E-state index in [9.17, 15) is 14.4 Å². The van der Waals surface area contributed by atoms with Gasteiger partial charge in [-0.25, -0.2) is 4.79 Å². The Morgan fingerprint density at radius 2 is 1.88 bits per heavy atom. The van der Waals surface area contributed by atoms with Crippen molar-refractivity contribution in [3.63, 3.8) is 0 Å². The van der Waals surface area contributed by atoms with E-state index in [1.54, 1.807) is 25.1 Å². The van der Waals surface area contributed by atoms with E-state index in [1.807, 2.05) is 13.8 Å². The van der Waals surface area contributed by atoms with Crippen LogP contribution in [0.2, 0.25) is 5.02 Å². The molecule has 7 nitrogen and oxygen atoms in total. The quantitative estimate of drug-likeness (QED) is 0.683. The fourth-order valence-corrected chi connectivity index (χ4v) is 1.93. The topological polar surface area (TPSA) is 93.7 Å². The van der Waals surface area contributed by atoms with Crippen molar-refractivity contribution >= 4 is 29.4 Å². The molecule has 132 valence electrons. The second-order valence-corrected chi connectivity index (χ2v) is 5.79. The van der Waals surface area contributed by atoms with Crippen LogP contribution in [-0.4, -0.2) is 43.6 Å². The van der Waals surface area contributed by atoms with Gasteiger partial charge in [0.05, 0.1) is 6.54 Å². The van der Waals surface area contributed by atoms with Crippen LogP contribution in [0.3, 0.4) is 0 Å². The van der Waals surface area contributed by atoms with Crippen LogP contribution in [0.25, 0.3) is 0 Å². The standard InChI is InChI=1S/C16H21ClN2O5/c1-10(2)19-14(20)7-18-15(21)8-24-16(22)9-23-13-5-4-12(17)6-11(13)3/h4-6,10H,7-9H2,1-3H3,(H,18,21)(H,19,20). The number of hydrogen-bond donors (Lipinski definition) is 2. The number of hydrogen-bond acceptors (Lipinski definition) is 5. The van der Waals surface area contributed by atoms with Crippen LogP contribution in [-0.2, 0) is 19.1 Å². The number of carbonyl (C=O) groups is 3. The molecule has 0 fully saturated rings. The Hall–Kier alpha value is -2.28. The van der Waals surface area contributed by atoms with Crippen molar-refractivity contribution in [2.45, 2.75) is 26.8 Å². The first-order valence-corrected chi connectivity index (χ1v) is 7.76. The van der Waals surface area contributed by atoms with Gasteiger partial charge in [-0.15, -0.1) is 0 Å². The molecule has 0 aliphatic carbocycles. The fourth-order valence-electron chi connectivity index (χ4n) is 1.70. The van der Waals surface area contributed by atoms with Gasteiger partial charge in [0.1, 0.15) is 5.75 Å². The number of halogens is 1. The van der Waals surface area contributed by atoms with E-state index in [2.05, 4.69) is 10.6 Å². The fraction of sp³-hybridized carbons (Fsp3) is 0.438. The molecule has 8 heteroatoms. The maximum atomic E-state index is 11.6. The maximum absolute atomic E-state index is 11.6. The minimum atomic E-state index is -0.689. The zero-order valence-electron chi connectivity index (χ0n) is 13.8. The number of amides is 2. The van der Waals surface area contributed by atoms with Crippen LogP contribution in [0.1, 0.15) is 19.4 Å². The zero-order valence-corrected chi connectivity index (χ0v) is 14.6. The highest BCUT2D eigenvalue weighted by molar-refractivity contribution is 6.30. The summed E-state index contributed by atoms with van der Waals surface area (Å²) in [6.45, 7) is 4.44. The van der Waals surface area contributed by atoms with Crippen LogP contribution in [0.15, 0.2) is 18.2 Å². The van der Waals surface area contributed by atoms with Crippen LogP contribution >= 0.6 is 11.6 Å². The van der Waals surface area contributed by atoms with Gasteiger partial charge in [-0.05, 0) is 44.5 Å². The SMILES string of the molecule is Cc1cc(Cl)ccc1OCC(=O)OCC(=O)NCC(=O)NC(C)C. The molecule has 0 aromatic heterocycles. The van der Waals surface area contributed by atoms with E-state index in [1.165, 1.54) is 0 Å². The van der Waals surface area contributed by atoms with E-state index in [-0.39, 0.29) is 25.1 Å². The predicted molar refractivity (Wildman–Crippen MR) is 88.9 cm³/mol. The number of benzene rings is 1. The molecule has 0 saturated carbocycles. The van der Waals surface area contributed by atoms with Crippen LogP contribution in [0.4, 0.5) is 0 Å². The van der Waals surface area contributed by atoms with Crippen molar-refractivity contribution < 1.29 is 23.9 Å². The van der Waals surface area contributed by atoms with Gasteiger partial charge < -0.3 is 20.1 Å². The minimum Gasteiger partial charge on any atom is -0.482 e. The molecule has 0 aliphatic rings. The van der Waals surface area contributed by atoms with E-state index in [4.69, 9.17) is 21.1 Å². The summed E-state index contributed by atoms with van der Waals surface area (Å²) in [6.07, 6.45) is 0. The lowest BCUT2D eigenvalue weighted by Gasteiger charge is -2.10. The smallest absolute Gasteiger partial charge is 0.344 e. The molecular weight excluding hydrogens is 336 g/mol. The monoisotopic (exact) mass is 356 g/mol. The van der Waals surface area contributed by atoms with Crippen LogP contribution < -0.4 is 15.4 Å². The van der Waals surface area contributed by atoms with Crippen LogP contribution in [0, 0.1) is 6.92 Å². The van der Waals surface area contributed by atoms with Crippen LogP contribution in [0.5, 0.6) is 5.75 Å². The lowest BCUT2D eigenvalue weighted by molar-refractivity contribution is -0.150. The second kappa shape index (κ2) is 9.77. The number of ether oxygens (including phenoxy) is 2. The highest BCUT2D eigenvalue weighted by Gasteiger charge is 2.11. The van der Waals surface area contributed by atoms with Crippen molar-refractivity contribution in [3.05, 3.63) is 28.8 Å². The largest absolute Gasteiger partial charge is 0.482 e. The zero-order chi connectivity index (χ0) is 18.1. The molecular formula is C16H21ClN2O5. The first kappa shape index (κ1) is 19.8. The average Bonchev–Trinajstić information content (AvgIpc) is 2.49. The first-order valence-electron chi connectivity index (χ1n) is 7.38. The van der Waals surface area contributed by atoms with Gasteiger partial charge in [0.2, 0.25) is 5.91 Å². The summed E-state index contributed by atoms with van der Waals surface area (Å²) in [5.74, 6) is -1.06. The summed E-state index contributed by atoms with van der Waals surface area (Å²) in [4.78, 5) is 34.4. The number of esters is 1. The molecule has 0 spiro atoms. The summed E-state index contributed by atoms with van der Waals surface area (Å²) < 4.78 is 10.1. The normalized spacial score (nSPS) is 10.2. The summed E-state index contributed by atoms with van der Waals surface area (Å²) in [7, 11) is 0. The predicted octanol–water partition coefficient (Wildman–Crippen LogP) is 1.21. The average molecular weight is 357 g/mol. The summed E-state index contributed by atoms with van der Waals surface area (Å²) in [5.41, 5.74) is 0.782. The Bertz CT molecular complexity index is 604. The molecule has 1 aromatic carbocycles.